The number of hydrogen-bond donors (Lipinski definition) is 2. The van der Waals surface area contributed by atoms with E-state index in [9.17, 15) is 28.2 Å². The third kappa shape index (κ3) is 4.16. The van der Waals surface area contributed by atoms with Crippen LogP contribution in [0.5, 0.6) is 11.5 Å². The molecule has 0 bridgehead atoms. The normalized spacial score (nSPS) is 25.0. The van der Waals surface area contributed by atoms with E-state index in [0.717, 1.165) is 28.6 Å². The van der Waals surface area contributed by atoms with Gasteiger partial charge < -0.3 is 19.8 Å². The van der Waals surface area contributed by atoms with E-state index in [1.807, 2.05) is 6.20 Å². The first-order valence-electron chi connectivity index (χ1n) is 10.6. The number of aromatic nitrogens is 2. The first-order valence-corrected chi connectivity index (χ1v) is 10.6. The molecule has 0 radical (unpaired) electrons. The predicted octanol–water partition coefficient (Wildman–Crippen LogP) is 3.05. The standard InChI is InChI=1S/C23H22F3N3O4/c1-28-9-12-6-15(33-14-4-2-13(3-5-14)23(24,25)26)7-17(21(12)27-28)16-8-18(16)22(32)29-10-19(30)20(31)11-29/h2-7,9,16,18-20,30-31H,8,10-11H2,1H3/t16-,18+,19-,20-/m0/s1. The third-order valence-corrected chi connectivity index (χ3v) is 6.22. The van der Waals surface area contributed by atoms with Crippen LogP contribution < -0.4 is 4.74 Å². The maximum atomic E-state index is 12.9. The Balaban J connectivity index is 1.40. The molecule has 2 aromatic carbocycles. The van der Waals surface area contributed by atoms with Gasteiger partial charge in [-0.05, 0) is 54.3 Å². The second-order valence-corrected chi connectivity index (χ2v) is 8.70. The Hall–Kier alpha value is -3.11. The molecule has 4 atom stereocenters. The van der Waals surface area contributed by atoms with Crippen molar-refractivity contribution in [2.24, 2.45) is 13.0 Å². The summed E-state index contributed by atoms with van der Waals surface area (Å²) in [5, 5.41) is 24.8. The number of halogens is 3. The highest BCUT2D eigenvalue weighted by molar-refractivity contribution is 5.88. The van der Waals surface area contributed by atoms with E-state index in [4.69, 9.17) is 4.74 Å². The van der Waals surface area contributed by atoms with Crippen LogP contribution in [0.2, 0.25) is 0 Å². The lowest BCUT2D eigenvalue weighted by molar-refractivity contribution is -0.137. The highest BCUT2D eigenvalue weighted by atomic mass is 19.4. The predicted molar refractivity (Wildman–Crippen MR) is 112 cm³/mol. The Morgan fingerprint density at radius 1 is 1.09 bits per heavy atom. The zero-order valence-electron chi connectivity index (χ0n) is 17.7. The van der Waals surface area contributed by atoms with Gasteiger partial charge in [0.1, 0.15) is 11.5 Å². The minimum absolute atomic E-state index is 0.0964. The van der Waals surface area contributed by atoms with E-state index < -0.39 is 23.9 Å². The number of nitrogens with zero attached hydrogens (tertiary/aromatic N) is 3. The summed E-state index contributed by atoms with van der Waals surface area (Å²) < 4.78 is 46.0. The largest absolute Gasteiger partial charge is 0.457 e. The first kappa shape index (κ1) is 21.7. The Morgan fingerprint density at radius 2 is 1.76 bits per heavy atom. The van der Waals surface area contributed by atoms with Crippen LogP contribution in [0, 0.1) is 5.92 Å². The zero-order valence-corrected chi connectivity index (χ0v) is 17.7. The molecule has 1 aliphatic heterocycles. The summed E-state index contributed by atoms with van der Waals surface area (Å²) in [6.07, 6.45) is -3.87. The molecule has 174 valence electrons. The van der Waals surface area contributed by atoms with Crippen LogP contribution in [0.3, 0.4) is 0 Å². The van der Waals surface area contributed by atoms with Crippen molar-refractivity contribution >= 4 is 16.8 Å². The van der Waals surface area contributed by atoms with Crippen molar-refractivity contribution in [3.05, 3.63) is 53.7 Å². The summed E-state index contributed by atoms with van der Waals surface area (Å²) in [7, 11) is 1.78. The number of benzene rings is 2. The number of aliphatic hydroxyl groups excluding tert-OH is 2. The Labute approximate surface area is 187 Å². The Bertz CT molecular complexity index is 1200. The van der Waals surface area contributed by atoms with Crippen molar-refractivity contribution in [1.82, 2.24) is 14.7 Å². The SMILES string of the molecule is Cn1cc2cc(Oc3ccc(C(F)(F)F)cc3)cc([C@@H]3C[C@H]3C(=O)N3C[C@H](O)[C@@H](O)C3)c2n1. The average Bonchev–Trinajstić information content (AvgIpc) is 3.35. The van der Waals surface area contributed by atoms with Gasteiger partial charge in [-0.1, -0.05) is 0 Å². The van der Waals surface area contributed by atoms with Crippen molar-refractivity contribution in [2.75, 3.05) is 13.1 Å². The first-order chi connectivity index (χ1) is 15.6. The number of ether oxygens (including phenoxy) is 1. The number of amides is 1. The lowest BCUT2D eigenvalue weighted by atomic mass is 10.0. The molecule has 2 N–H and O–H groups in total. The number of aryl methyl sites for hydroxylation is 1. The minimum atomic E-state index is -4.42. The topological polar surface area (TPSA) is 87.8 Å². The molecule has 2 aliphatic rings. The fraction of sp³-hybridized carbons (Fsp3) is 0.391. The third-order valence-electron chi connectivity index (χ3n) is 6.22. The van der Waals surface area contributed by atoms with E-state index in [1.54, 1.807) is 23.9 Å². The monoisotopic (exact) mass is 461 g/mol. The quantitative estimate of drug-likeness (QED) is 0.624. The summed E-state index contributed by atoms with van der Waals surface area (Å²) in [6, 6.07) is 8.00. The van der Waals surface area contributed by atoms with Gasteiger partial charge in [-0.25, -0.2) is 0 Å². The van der Waals surface area contributed by atoms with Gasteiger partial charge in [0, 0.05) is 37.6 Å². The second kappa shape index (κ2) is 7.74. The lowest BCUT2D eigenvalue weighted by Gasteiger charge is -2.15. The highest BCUT2D eigenvalue weighted by Gasteiger charge is 2.49. The second-order valence-electron chi connectivity index (χ2n) is 8.70. The summed E-state index contributed by atoms with van der Waals surface area (Å²) in [5.74, 6) is 0.208. The number of rotatable bonds is 4. The van der Waals surface area contributed by atoms with E-state index in [-0.39, 0.29) is 36.6 Å². The molecule has 7 nitrogen and oxygen atoms in total. The van der Waals surface area contributed by atoms with Gasteiger partial charge in [0.2, 0.25) is 5.91 Å². The van der Waals surface area contributed by atoms with Gasteiger partial charge >= 0.3 is 6.18 Å². The Morgan fingerprint density at radius 3 is 2.39 bits per heavy atom. The summed E-state index contributed by atoms with van der Waals surface area (Å²) in [6.45, 7) is 0.221. The van der Waals surface area contributed by atoms with Gasteiger partial charge in [-0.3, -0.25) is 9.48 Å². The molecule has 1 saturated heterocycles. The van der Waals surface area contributed by atoms with Crippen molar-refractivity contribution in [3.8, 4) is 11.5 Å². The molecule has 1 aromatic heterocycles. The van der Waals surface area contributed by atoms with Gasteiger partial charge in [0.25, 0.3) is 0 Å². The smallest absolute Gasteiger partial charge is 0.416 e. The molecule has 2 heterocycles. The number of hydrogen-bond acceptors (Lipinski definition) is 5. The average molecular weight is 461 g/mol. The lowest BCUT2D eigenvalue weighted by Crippen LogP contribution is -2.31. The molecule has 1 aliphatic carbocycles. The zero-order chi connectivity index (χ0) is 23.5. The molecule has 10 heteroatoms. The van der Waals surface area contributed by atoms with Crippen LogP contribution in [-0.4, -0.2) is 56.1 Å². The summed E-state index contributed by atoms with van der Waals surface area (Å²) in [4.78, 5) is 14.4. The molecule has 0 unspecified atom stereocenters. The van der Waals surface area contributed by atoms with Gasteiger partial charge in [0.05, 0.1) is 23.3 Å². The van der Waals surface area contributed by atoms with Gasteiger partial charge in [-0.15, -0.1) is 0 Å². The fourth-order valence-electron chi connectivity index (χ4n) is 4.44. The number of carbonyl (C=O) groups is 1. The van der Waals surface area contributed by atoms with Crippen molar-refractivity contribution in [2.45, 2.75) is 30.7 Å². The van der Waals surface area contributed by atoms with Crippen LogP contribution in [0.25, 0.3) is 10.9 Å². The van der Waals surface area contributed by atoms with Gasteiger partial charge in [0.15, 0.2) is 0 Å². The van der Waals surface area contributed by atoms with E-state index in [2.05, 4.69) is 5.10 Å². The van der Waals surface area contributed by atoms with Crippen molar-refractivity contribution in [3.63, 3.8) is 0 Å². The van der Waals surface area contributed by atoms with Crippen LogP contribution in [0.15, 0.2) is 42.6 Å². The number of carbonyl (C=O) groups excluding carboxylic acids is 1. The number of alkyl halides is 3. The van der Waals surface area contributed by atoms with Crippen molar-refractivity contribution in [1.29, 1.82) is 0 Å². The van der Waals surface area contributed by atoms with E-state index >= 15 is 0 Å². The molecular weight excluding hydrogens is 439 g/mol. The molecule has 2 fully saturated rings. The maximum Gasteiger partial charge on any atom is 0.416 e. The summed E-state index contributed by atoms with van der Waals surface area (Å²) >= 11 is 0. The Kier molecular flexibility index (Phi) is 5.09. The number of β-amino-alcohol motifs (C(OH)–C–C–N with tert-alkyl or cyclic N) is 2. The minimum Gasteiger partial charge on any atom is -0.457 e. The number of likely N-dealkylation sites (tertiary alicyclic amines) is 1. The molecule has 1 saturated carbocycles. The van der Waals surface area contributed by atoms with Crippen molar-refractivity contribution < 1.29 is 32.9 Å². The summed E-state index contributed by atoms with van der Waals surface area (Å²) in [5.41, 5.74) is 0.808. The van der Waals surface area contributed by atoms with Crippen LogP contribution in [0.1, 0.15) is 23.5 Å². The molecule has 3 aromatic rings. The number of aliphatic hydroxyl groups is 2. The van der Waals surface area contributed by atoms with E-state index in [0.29, 0.717) is 12.2 Å². The number of fused-ring (bicyclic) bond motifs is 1. The fourth-order valence-corrected chi connectivity index (χ4v) is 4.44. The molecule has 0 spiro atoms. The molecule has 1 amide bonds. The van der Waals surface area contributed by atoms with Crippen LogP contribution >= 0.6 is 0 Å². The molecular formula is C23H22F3N3O4. The highest BCUT2D eigenvalue weighted by Crippen LogP contribution is 2.51. The molecule has 5 rings (SSSR count). The maximum absolute atomic E-state index is 12.9. The van der Waals surface area contributed by atoms with E-state index in [1.165, 1.54) is 17.0 Å². The molecule has 33 heavy (non-hydrogen) atoms. The van der Waals surface area contributed by atoms with Gasteiger partial charge in [-0.2, -0.15) is 18.3 Å². The van der Waals surface area contributed by atoms with Crippen LogP contribution in [0.4, 0.5) is 13.2 Å². The van der Waals surface area contributed by atoms with Crippen LogP contribution in [-0.2, 0) is 18.0 Å².